The predicted molar refractivity (Wildman–Crippen MR) is 80.0 cm³/mol. The number of methoxy groups -OCH3 is 1. The van der Waals surface area contributed by atoms with Crippen molar-refractivity contribution in [1.82, 2.24) is 9.88 Å². The molecule has 0 saturated carbocycles. The Morgan fingerprint density at radius 1 is 1.45 bits per heavy atom. The van der Waals surface area contributed by atoms with Gasteiger partial charge < -0.3 is 15.0 Å². The zero-order valence-electron chi connectivity index (χ0n) is 12.3. The number of benzene rings is 1. The van der Waals surface area contributed by atoms with Gasteiger partial charge in [-0.2, -0.15) is 0 Å². The van der Waals surface area contributed by atoms with Gasteiger partial charge in [-0.1, -0.05) is 17.3 Å². The second-order valence-corrected chi connectivity index (χ2v) is 6.84. The molecule has 1 heterocycles. The fourth-order valence-corrected chi connectivity index (χ4v) is 4.35. The molecule has 7 nitrogen and oxygen atoms in total. The number of nitrogens with zero attached hydrogens (tertiary/aromatic N) is 1. The van der Waals surface area contributed by atoms with Crippen LogP contribution in [-0.2, 0) is 16.4 Å². The number of anilines is 1. The molecule has 3 N–H and O–H groups in total. The van der Waals surface area contributed by atoms with Gasteiger partial charge in [0.05, 0.1) is 7.11 Å². The van der Waals surface area contributed by atoms with E-state index in [2.05, 4.69) is 9.88 Å². The molecule has 1 atom stereocenters. The largest absolute Gasteiger partial charge is 0.496 e. The molecule has 0 spiro atoms. The highest BCUT2D eigenvalue weighted by atomic mass is 32.2. The van der Waals surface area contributed by atoms with E-state index in [1.165, 1.54) is 6.92 Å². The van der Waals surface area contributed by atoms with E-state index < -0.39 is 10.0 Å². The van der Waals surface area contributed by atoms with Crippen LogP contribution in [0.4, 0.5) is 5.82 Å². The lowest BCUT2D eigenvalue weighted by Crippen LogP contribution is -2.28. The summed E-state index contributed by atoms with van der Waals surface area (Å²) in [5.41, 5.74) is 7.56. The van der Waals surface area contributed by atoms with Gasteiger partial charge in [0, 0.05) is 6.04 Å². The van der Waals surface area contributed by atoms with E-state index >= 15 is 0 Å². The van der Waals surface area contributed by atoms with Gasteiger partial charge in [0.15, 0.2) is 16.5 Å². The molecule has 0 unspecified atom stereocenters. The lowest BCUT2D eigenvalue weighted by molar-refractivity contribution is 0.396. The quantitative estimate of drug-likeness (QED) is 0.883. The van der Waals surface area contributed by atoms with Crippen molar-refractivity contribution in [3.05, 3.63) is 35.1 Å². The average molecular weight is 323 g/mol. The minimum atomic E-state index is -3.80. The van der Waals surface area contributed by atoms with Crippen LogP contribution < -0.4 is 15.2 Å². The van der Waals surface area contributed by atoms with Crippen LogP contribution >= 0.6 is 0 Å². The Balaban J connectivity index is 1.94. The van der Waals surface area contributed by atoms with Crippen LogP contribution in [-0.4, -0.2) is 20.7 Å². The first-order valence-corrected chi connectivity index (χ1v) is 8.32. The SMILES string of the molecule is COc1cccc2c1CC[C@@H]2NS(=O)(=O)c1c(N)noc1C. The summed E-state index contributed by atoms with van der Waals surface area (Å²) >= 11 is 0. The standard InChI is InChI=1S/C14H17N3O4S/c1-8-13(14(15)16-21-8)22(18,19)17-11-7-6-10-9(11)4-3-5-12(10)20-2/h3-5,11,17H,6-7H2,1-2H3,(H2,15,16)/t11-/m0/s1. The first-order valence-electron chi connectivity index (χ1n) is 6.84. The van der Waals surface area contributed by atoms with E-state index in [1.54, 1.807) is 7.11 Å². The van der Waals surface area contributed by atoms with Crippen LogP contribution in [0.1, 0.15) is 29.3 Å². The number of nitrogens with two attached hydrogens (primary N) is 1. The predicted octanol–water partition coefficient (Wildman–Crippen LogP) is 1.54. The van der Waals surface area contributed by atoms with Crippen molar-refractivity contribution in [2.45, 2.75) is 30.7 Å². The third kappa shape index (κ3) is 2.34. The van der Waals surface area contributed by atoms with Crippen molar-refractivity contribution < 1.29 is 17.7 Å². The molecule has 0 saturated heterocycles. The minimum absolute atomic E-state index is 0.0937. The van der Waals surface area contributed by atoms with Crippen LogP contribution in [0.2, 0.25) is 0 Å². The monoisotopic (exact) mass is 323 g/mol. The topological polar surface area (TPSA) is 107 Å². The number of nitrogen functional groups attached to an aromatic ring is 1. The zero-order valence-corrected chi connectivity index (χ0v) is 13.1. The number of aryl methyl sites for hydroxylation is 1. The summed E-state index contributed by atoms with van der Waals surface area (Å²) in [4.78, 5) is -0.0937. The molecule has 0 fully saturated rings. The van der Waals surface area contributed by atoms with Crippen molar-refractivity contribution >= 4 is 15.8 Å². The van der Waals surface area contributed by atoms with Crippen molar-refractivity contribution in [2.75, 3.05) is 12.8 Å². The molecular weight excluding hydrogens is 306 g/mol. The van der Waals surface area contributed by atoms with Crippen molar-refractivity contribution in [3.63, 3.8) is 0 Å². The molecule has 22 heavy (non-hydrogen) atoms. The summed E-state index contributed by atoms with van der Waals surface area (Å²) in [7, 11) is -2.19. The summed E-state index contributed by atoms with van der Waals surface area (Å²) in [5.74, 6) is 0.822. The highest BCUT2D eigenvalue weighted by molar-refractivity contribution is 7.89. The molecule has 1 aliphatic rings. The number of fused-ring (bicyclic) bond motifs is 1. The lowest BCUT2D eigenvalue weighted by Gasteiger charge is -2.14. The molecule has 1 aromatic heterocycles. The number of sulfonamides is 1. The highest BCUT2D eigenvalue weighted by Crippen LogP contribution is 2.38. The van der Waals surface area contributed by atoms with Gasteiger partial charge >= 0.3 is 0 Å². The Morgan fingerprint density at radius 3 is 2.86 bits per heavy atom. The molecule has 118 valence electrons. The molecule has 1 aliphatic carbocycles. The van der Waals surface area contributed by atoms with Crippen LogP contribution in [0.15, 0.2) is 27.6 Å². The van der Waals surface area contributed by atoms with Crippen molar-refractivity contribution in [1.29, 1.82) is 0 Å². The summed E-state index contributed by atoms with van der Waals surface area (Å²) in [5, 5.41) is 3.49. The summed E-state index contributed by atoms with van der Waals surface area (Å²) in [6.45, 7) is 1.52. The number of hydrogen-bond acceptors (Lipinski definition) is 6. The summed E-state index contributed by atoms with van der Waals surface area (Å²) in [6.07, 6.45) is 1.42. The summed E-state index contributed by atoms with van der Waals surface area (Å²) < 4.78 is 37.9. The van der Waals surface area contributed by atoms with Crippen molar-refractivity contribution in [2.24, 2.45) is 0 Å². The van der Waals surface area contributed by atoms with Crippen LogP contribution in [0.3, 0.4) is 0 Å². The fraction of sp³-hybridized carbons (Fsp3) is 0.357. The lowest BCUT2D eigenvalue weighted by atomic mass is 10.1. The Hall–Kier alpha value is -2.06. The van der Waals surface area contributed by atoms with Crippen LogP contribution in [0, 0.1) is 6.92 Å². The molecule has 0 bridgehead atoms. The van der Waals surface area contributed by atoms with Gasteiger partial charge in [-0.05, 0) is 37.0 Å². The van der Waals surface area contributed by atoms with E-state index in [9.17, 15) is 8.42 Å². The first kappa shape index (κ1) is 14.9. The molecule has 2 aromatic rings. The average Bonchev–Trinajstić information content (AvgIpc) is 3.02. The zero-order chi connectivity index (χ0) is 15.9. The van der Waals surface area contributed by atoms with Crippen molar-refractivity contribution in [3.8, 4) is 5.75 Å². The van der Waals surface area contributed by atoms with Gasteiger partial charge in [-0.25, -0.2) is 13.1 Å². The van der Waals surface area contributed by atoms with Gasteiger partial charge in [0.1, 0.15) is 5.75 Å². The highest BCUT2D eigenvalue weighted by Gasteiger charge is 2.32. The Bertz CT molecular complexity index is 794. The van der Waals surface area contributed by atoms with Gasteiger partial charge in [-0.15, -0.1) is 0 Å². The maximum absolute atomic E-state index is 12.5. The van der Waals surface area contributed by atoms with E-state index in [0.717, 1.165) is 23.3 Å². The molecule has 8 heteroatoms. The molecule has 0 amide bonds. The van der Waals surface area contributed by atoms with E-state index in [0.29, 0.717) is 6.42 Å². The molecular formula is C14H17N3O4S. The Labute approximate surface area is 128 Å². The van der Waals surface area contributed by atoms with E-state index in [4.69, 9.17) is 15.0 Å². The van der Waals surface area contributed by atoms with Gasteiger partial charge in [-0.3, -0.25) is 0 Å². The Morgan fingerprint density at radius 2 is 2.23 bits per heavy atom. The second-order valence-electron chi connectivity index (χ2n) is 5.19. The maximum Gasteiger partial charge on any atom is 0.248 e. The minimum Gasteiger partial charge on any atom is -0.496 e. The molecule has 1 aromatic carbocycles. The number of hydrogen-bond donors (Lipinski definition) is 2. The number of rotatable bonds is 4. The fourth-order valence-electron chi connectivity index (χ4n) is 2.89. The number of aromatic nitrogens is 1. The third-order valence-corrected chi connectivity index (χ3v) is 5.48. The number of ether oxygens (including phenoxy) is 1. The Kier molecular flexibility index (Phi) is 3.57. The van der Waals surface area contributed by atoms with E-state index in [1.807, 2.05) is 18.2 Å². The first-order chi connectivity index (χ1) is 10.4. The van der Waals surface area contributed by atoms with Gasteiger partial charge in [0.25, 0.3) is 0 Å². The smallest absolute Gasteiger partial charge is 0.248 e. The van der Waals surface area contributed by atoms with Crippen LogP contribution in [0.25, 0.3) is 0 Å². The molecule has 0 aliphatic heterocycles. The summed E-state index contributed by atoms with van der Waals surface area (Å²) in [6, 6.07) is 5.31. The molecule has 0 radical (unpaired) electrons. The normalized spacial score (nSPS) is 17.5. The number of nitrogens with one attached hydrogen (secondary N) is 1. The molecule has 3 rings (SSSR count). The second kappa shape index (κ2) is 5.29. The van der Waals surface area contributed by atoms with Crippen LogP contribution in [0.5, 0.6) is 5.75 Å². The third-order valence-electron chi connectivity index (χ3n) is 3.85. The van der Waals surface area contributed by atoms with Gasteiger partial charge in [0.2, 0.25) is 10.0 Å². The van der Waals surface area contributed by atoms with E-state index in [-0.39, 0.29) is 22.5 Å². The maximum atomic E-state index is 12.5.